The molecule has 30 heavy (non-hydrogen) atoms. The van der Waals surface area contributed by atoms with Gasteiger partial charge in [0, 0.05) is 5.92 Å². The standard InChI is InChI=1S/C29H24O/c1-20-21-16-17-26-27(20,19-18-21)29(23-12-6-3-7-13-23)25-15-9-8-14-24(25)28(26,30-29)22-10-4-2-5-11-22/h2-15,18-19,21,26H,1,16-17H2. The van der Waals surface area contributed by atoms with Gasteiger partial charge in [0.2, 0.25) is 0 Å². The summed E-state index contributed by atoms with van der Waals surface area (Å²) in [6.07, 6.45) is 7.20. The van der Waals surface area contributed by atoms with Crippen LogP contribution in [0.25, 0.3) is 0 Å². The van der Waals surface area contributed by atoms with Gasteiger partial charge in [0.1, 0.15) is 11.2 Å². The Morgan fingerprint density at radius 2 is 1.37 bits per heavy atom. The minimum absolute atomic E-state index is 0.207. The predicted octanol–water partition coefficient (Wildman–Crippen LogP) is 6.36. The summed E-state index contributed by atoms with van der Waals surface area (Å²) in [6.45, 7) is 4.72. The Labute approximate surface area is 177 Å². The molecular formula is C29H24O. The van der Waals surface area contributed by atoms with E-state index in [1.54, 1.807) is 0 Å². The Hall–Kier alpha value is -2.90. The lowest BCUT2D eigenvalue weighted by Crippen LogP contribution is -2.51. The summed E-state index contributed by atoms with van der Waals surface area (Å²) in [5, 5.41) is 0. The minimum atomic E-state index is -0.534. The van der Waals surface area contributed by atoms with E-state index >= 15 is 0 Å². The lowest BCUT2D eigenvalue weighted by molar-refractivity contribution is -0.0608. The van der Waals surface area contributed by atoms with Crippen LogP contribution in [0.4, 0.5) is 0 Å². The summed E-state index contributed by atoms with van der Waals surface area (Å²) in [5.74, 6) is 0.801. The molecule has 146 valence electrons. The number of fused-ring (bicyclic) bond motifs is 7. The van der Waals surface area contributed by atoms with Crippen molar-refractivity contribution in [3.05, 3.63) is 131 Å². The molecule has 1 saturated carbocycles. The van der Waals surface area contributed by atoms with Crippen molar-refractivity contribution in [3.8, 4) is 0 Å². The van der Waals surface area contributed by atoms with Crippen molar-refractivity contribution < 1.29 is 4.74 Å². The smallest absolute Gasteiger partial charge is 0.133 e. The van der Waals surface area contributed by atoms with Gasteiger partial charge in [-0.15, -0.1) is 0 Å². The summed E-state index contributed by atoms with van der Waals surface area (Å²) in [4.78, 5) is 0. The number of hydrogen-bond acceptors (Lipinski definition) is 1. The quantitative estimate of drug-likeness (QED) is 0.464. The van der Waals surface area contributed by atoms with Gasteiger partial charge in [-0.2, -0.15) is 0 Å². The van der Waals surface area contributed by atoms with E-state index in [-0.39, 0.29) is 5.41 Å². The van der Waals surface area contributed by atoms with Gasteiger partial charge < -0.3 is 4.74 Å². The summed E-state index contributed by atoms with van der Waals surface area (Å²) < 4.78 is 7.52. The van der Waals surface area contributed by atoms with Crippen LogP contribution in [0.15, 0.2) is 109 Å². The van der Waals surface area contributed by atoms with Crippen LogP contribution in [0.3, 0.4) is 0 Å². The third kappa shape index (κ3) is 1.58. The van der Waals surface area contributed by atoms with Gasteiger partial charge in [-0.3, -0.25) is 0 Å². The molecule has 3 aromatic carbocycles. The zero-order chi connectivity index (χ0) is 20.0. The molecule has 0 radical (unpaired) electrons. The molecule has 2 aliphatic carbocycles. The van der Waals surface area contributed by atoms with Crippen LogP contribution in [0.2, 0.25) is 0 Å². The van der Waals surface area contributed by atoms with Crippen LogP contribution in [0, 0.1) is 17.3 Å². The second kappa shape index (κ2) is 5.42. The molecule has 2 heterocycles. The number of benzene rings is 3. The van der Waals surface area contributed by atoms with Crippen LogP contribution >= 0.6 is 0 Å². The number of hydrogen-bond donors (Lipinski definition) is 0. The fraction of sp³-hybridized carbons (Fsp3) is 0.241. The average molecular weight is 389 g/mol. The van der Waals surface area contributed by atoms with E-state index in [4.69, 9.17) is 11.3 Å². The molecule has 1 nitrogen and oxygen atoms in total. The minimum Gasteiger partial charge on any atom is -0.348 e. The van der Waals surface area contributed by atoms with Crippen molar-refractivity contribution in [2.45, 2.75) is 24.0 Å². The van der Waals surface area contributed by atoms with Gasteiger partial charge >= 0.3 is 0 Å². The van der Waals surface area contributed by atoms with Crippen molar-refractivity contribution in [2.24, 2.45) is 17.3 Å². The van der Waals surface area contributed by atoms with Gasteiger partial charge in [0.05, 0.1) is 5.41 Å². The molecule has 4 aliphatic rings. The van der Waals surface area contributed by atoms with Crippen molar-refractivity contribution in [3.63, 3.8) is 0 Å². The third-order valence-corrected chi connectivity index (χ3v) is 8.36. The molecule has 1 spiro atoms. The first-order valence-corrected chi connectivity index (χ1v) is 11.0. The maximum Gasteiger partial charge on any atom is 0.133 e. The first-order valence-electron chi connectivity index (χ1n) is 11.0. The van der Waals surface area contributed by atoms with E-state index < -0.39 is 11.2 Å². The van der Waals surface area contributed by atoms with E-state index in [1.807, 2.05) is 0 Å². The van der Waals surface area contributed by atoms with Crippen LogP contribution in [0.5, 0.6) is 0 Å². The highest BCUT2D eigenvalue weighted by molar-refractivity contribution is 5.64. The number of rotatable bonds is 2. The monoisotopic (exact) mass is 388 g/mol. The van der Waals surface area contributed by atoms with Gasteiger partial charge in [-0.25, -0.2) is 0 Å². The van der Waals surface area contributed by atoms with E-state index in [1.165, 1.54) is 27.8 Å². The topological polar surface area (TPSA) is 9.23 Å². The zero-order valence-electron chi connectivity index (χ0n) is 16.9. The van der Waals surface area contributed by atoms with Crippen LogP contribution in [0.1, 0.15) is 35.1 Å². The lowest BCUT2D eigenvalue weighted by atomic mass is 9.47. The summed E-state index contributed by atoms with van der Waals surface area (Å²) in [5.41, 5.74) is 5.31. The fourth-order valence-corrected chi connectivity index (χ4v) is 7.35. The first-order chi connectivity index (χ1) is 14.7. The maximum absolute atomic E-state index is 7.52. The molecule has 0 aromatic heterocycles. The second-order valence-electron chi connectivity index (χ2n) is 9.29. The van der Waals surface area contributed by atoms with Crippen molar-refractivity contribution in [2.75, 3.05) is 0 Å². The molecule has 0 amide bonds. The summed E-state index contributed by atoms with van der Waals surface area (Å²) in [7, 11) is 0. The second-order valence-corrected chi connectivity index (χ2v) is 9.29. The lowest BCUT2D eigenvalue weighted by Gasteiger charge is -2.51. The highest BCUT2D eigenvalue weighted by Crippen LogP contribution is 2.79. The molecule has 2 fully saturated rings. The predicted molar refractivity (Wildman–Crippen MR) is 119 cm³/mol. The van der Waals surface area contributed by atoms with Gasteiger partial charge in [0.25, 0.3) is 0 Å². The maximum atomic E-state index is 7.52. The molecule has 2 aliphatic heterocycles. The molecule has 7 rings (SSSR count). The molecule has 1 heteroatoms. The van der Waals surface area contributed by atoms with Crippen molar-refractivity contribution in [1.82, 2.24) is 0 Å². The fourth-order valence-electron chi connectivity index (χ4n) is 7.35. The molecule has 3 aromatic rings. The highest BCUT2D eigenvalue weighted by Gasteiger charge is 2.79. The first kappa shape index (κ1) is 16.8. The van der Waals surface area contributed by atoms with Gasteiger partial charge in [-0.05, 0) is 41.0 Å². The highest BCUT2D eigenvalue weighted by atomic mass is 16.5. The van der Waals surface area contributed by atoms with Crippen molar-refractivity contribution >= 4 is 0 Å². The summed E-state index contributed by atoms with van der Waals surface area (Å²) >= 11 is 0. The molecule has 4 bridgehead atoms. The van der Waals surface area contributed by atoms with Gasteiger partial charge in [0.15, 0.2) is 0 Å². The Kier molecular flexibility index (Phi) is 3.04. The Bertz CT molecular complexity index is 1210. The molecule has 5 atom stereocenters. The molecular weight excluding hydrogens is 364 g/mol. The van der Waals surface area contributed by atoms with E-state index in [9.17, 15) is 0 Å². The number of allylic oxidation sites excluding steroid dienone is 1. The number of ether oxygens (including phenoxy) is 1. The SMILES string of the molecule is C=C1C2C=CC13C(CC2)C1(c2ccccc2)OC3(c2ccccc2)c2ccccc21. The zero-order valence-corrected chi connectivity index (χ0v) is 16.9. The van der Waals surface area contributed by atoms with Crippen LogP contribution in [-0.4, -0.2) is 0 Å². The van der Waals surface area contributed by atoms with E-state index in [0.717, 1.165) is 12.8 Å². The summed E-state index contributed by atoms with van der Waals surface area (Å²) in [6, 6.07) is 30.7. The Morgan fingerprint density at radius 3 is 2.10 bits per heavy atom. The third-order valence-electron chi connectivity index (χ3n) is 8.36. The Morgan fingerprint density at radius 1 is 0.733 bits per heavy atom. The van der Waals surface area contributed by atoms with E-state index in [2.05, 4.69) is 97.1 Å². The van der Waals surface area contributed by atoms with Crippen molar-refractivity contribution in [1.29, 1.82) is 0 Å². The van der Waals surface area contributed by atoms with Crippen LogP contribution < -0.4 is 0 Å². The molecule has 5 unspecified atom stereocenters. The Balaban J connectivity index is 1.66. The largest absolute Gasteiger partial charge is 0.348 e. The van der Waals surface area contributed by atoms with Crippen LogP contribution in [-0.2, 0) is 15.9 Å². The average Bonchev–Trinajstić information content (AvgIpc) is 3.34. The normalized spacial score (nSPS) is 37.3. The molecule has 0 N–H and O–H groups in total. The van der Waals surface area contributed by atoms with E-state index in [0.29, 0.717) is 11.8 Å². The van der Waals surface area contributed by atoms with Gasteiger partial charge in [-0.1, -0.05) is 109 Å². The molecule has 1 saturated heterocycles.